The molecule has 86 valence electrons. The van der Waals surface area contributed by atoms with Crippen LogP contribution in [0.15, 0.2) is 24.3 Å². The fourth-order valence-electron chi connectivity index (χ4n) is 1.12. The topological polar surface area (TPSA) is 61.2 Å². The van der Waals surface area contributed by atoms with E-state index in [0.29, 0.717) is 5.56 Å². The third kappa shape index (κ3) is 3.20. The molecule has 4 nitrogen and oxygen atoms in total. The van der Waals surface area contributed by atoms with Crippen LogP contribution in [0.4, 0.5) is 0 Å². The van der Waals surface area contributed by atoms with E-state index in [-0.39, 0.29) is 6.54 Å². The second-order valence-corrected chi connectivity index (χ2v) is 5.95. The SMILES string of the molecule is CN(Cc1ccc(C#N)cc1)S(=O)(=O)CCl. The summed E-state index contributed by atoms with van der Waals surface area (Å²) in [5, 5.41) is 8.17. The van der Waals surface area contributed by atoms with Crippen molar-refractivity contribution in [2.75, 3.05) is 12.3 Å². The van der Waals surface area contributed by atoms with Crippen LogP contribution in [0.5, 0.6) is 0 Å². The van der Waals surface area contributed by atoms with Gasteiger partial charge in [0.15, 0.2) is 0 Å². The summed E-state index contributed by atoms with van der Waals surface area (Å²) >= 11 is 5.33. The Hall–Kier alpha value is -1.09. The van der Waals surface area contributed by atoms with Crippen LogP contribution in [0.1, 0.15) is 11.1 Å². The van der Waals surface area contributed by atoms with E-state index in [4.69, 9.17) is 16.9 Å². The van der Waals surface area contributed by atoms with Crippen LogP contribution in [-0.4, -0.2) is 25.0 Å². The summed E-state index contributed by atoms with van der Waals surface area (Å²) in [5.41, 5.74) is 1.36. The molecule has 0 aromatic heterocycles. The number of sulfonamides is 1. The molecule has 1 aromatic rings. The van der Waals surface area contributed by atoms with Gasteiger partial charge in [-0.2, -0.15) is 9.57 Å². The summed E-state index contributed by atoms with van der Waals surface area (Å²) in [5.74, 6) is 0. The van der Waals surface area contributed by atoms with E-state index in [9.17, 15) is 8.42 Å². The maximum Gasteiger partial charge on any atom is 0.228 e. The predicted molar refractivity (Wildman–Crippen MR) is 62.3 cm³/mol. The summed E-state index contributed by atoms with van der Waals surface area (Å²) in [7, 11) is -1.91. The third-order valence-corrected chi connectivity index (χ3v) is 4.28. The van der Waals surface area contributed by atoms with Gasteiger partial charge in [0.1, 0.15) is 5.21 Å². The van der Waals surface area contributed by atoms with Gasteiger partial charge in [-0.3, -0.25) is 0 Å². The van der Waals surface area contributed by atoms with Gasteiger partial charge < -0.3 is 0 Å². The molecule has 0 unspecified atom stereocenters. The third-order valence-electron chi connectivity index (χ3n) is 2.10. The maximum atomic E-state index is 11.4. The first kappa shape index (κ1) is 13.0. The van der Waals surface area contributed by atoms with Gasteiger partial charge in [-0.15, -0.1) is 11.6 Å². The predicted octanol–water partition coefficient (Wildman–Crippen LogP) is 1.52. The molecular formula is C10H11ClN2O2S. The van der Waals surface area contributed by atoms with Gasteiger partial charge >= 0.3 is 0 Å². The monoisotopic (exact) mass is 258 g/mol. The molecule has 0 amide bonds. The quantitative estimate of drug-likeness (QED) is 0.770. The molecule has 6 heteroatoms. The van der Waals surface area contributed by atoms with Crippen molar-refractivity contribution in [2.24, 2.45) is 0 Å². The van der Waals surface area contributed by atoms with Crippen LogP contribution in [0.25, 0.3) is 0 Å². The summed E-state index contributed by atoms with van der Waals surface area (Å²) in [6, 6.07) is 8.74. The van der Waals surface area contributed by atoms with Crippen molar-refractivity contribution in [2.45, 2.75) is 6.54 Å². The Morgan fingerprint density at radius 3 is 2.38 bits per heavy atom. The first-order valence-electron chi connectivity index (χ1n) is 4.48. The normalized spacial score (nSPS) is 11.4. The lowest BCUT2D eigenvalue weighted by Crippen LogP contribution is -2.27. The number of nitriles is 1. The highest BCUT2D eigenvalue weighted by molar-refractivity contribution is 7.90. The highest BCUT2D eigenvalue weighted by atomic mass is 35.5. The molecular weight excluding hydrogens is 248 g/mol. The zero-order valence-electron chi connectivity index (χ0n) is 8.72. The van der Waals surface area contributed by atoms with E-state index < -0.39 is 15.2 Å². The van der Waals surface area contributed by atoms with Gasteiger partial charge in [-0.1, -0.05) is 12.1 Å². The Morgan fingerprint density at radius 2 is 1.94 bits per heavy atom. The van der Waals surface area contributed by atoms with E-state index in [1.807, 2.05) is 6.07 Å². The van der Waals surface area contributed by atoms with Crippen molar-refractivity contribution in [3.8, 4) is 6.07 Å². The number of benzene rings is 1. The minimum Gasteiger partial charge on any atom is -0.211 e. The summed E-state index contributed by atoms with van der Waals surface area (Å²) in [6.45, 7) is 0.251. The lowest BCUT2D eigenvalue weighted by molar-refractivity contribution is 0.471. The van der Waals surface area contributed by atoms with E-state index in [2.05, 4.69) is 0 Å². The molecule has 0 aliphatic rings. The van der Waals surface area contributed by atoms with Gasteiger partial charge in [0, 0.05) is 13.6 Å². The van der Waals surface area contributed by atoms with Gasteiger partial charge in [-0.05, 0) is 17.7 Å². The zero-order chi connectivity index (χ0) is 12.2. The van der Waals surface area contributed by atoms with Crippen LogP contribution in [0, 0.1) is 11.3 Å². The molecule has 0 aliphatic heterocycles. The number of hydrogen-bond donors (Lipinski definition) is 0. The molecule has 0 radical (unpaired) electrons. The maximum absolute atomic E-state index is 11.4. The van der Waals surface area contributed by atoms with Crippen molar-refractivity contribution in [1.29, 1.82) is 5.26 Å². The molecule has 1 rings (SSSR count). The van der Waals surface area contributed by atoms with Crippen molar-refractivity contribution in [3.63, 3.8) is 0 Å². The average Bonchev–Trinajstić information content (AvgIpc) is 2.30. The lowest BCUT2D eigenvalue weighted by Gasteiger charge is -2.15. The lowest BCUT2D eigenvalue weighted by atomic mass is 10.1. The number of hydrogen-bond acceptors (Lipinski definition) is 3. The molecule has 0 aliphatic carbocycles. The Balaban J connectivity index is 2.78. The fourth-order valence-corrected chi connectivity index (χ4v) is 2.14. The summed E-state index contributed by atoms with van der Waals surface area (Å²) in [4.78, 5) is 0. The van der Waals surface area contributed by atoms with Crippen LogP contribution in [0.2, 0.25) is 0 Å². The number of alkyl halides is 1. The highest BCUT2D eigenvalue weighted by Crippen LogP contribution is 2.09. The van der Waals surface area contributed by atoms with Crippen molar-refractivity contribution >= 4 is 21.6 Å². The fraction of sp³-hybridized carbons (Fsp3) is 0.300. The van der Waals surface area contributed by atoms with Crippen LogP contribution in [0.3, 0.4) is 0 Å². The average molecular weight is 259 g/mol. The first-order chi connectivity index (χ1) is 7.49. The van der Waals surface area contributed by atoms with Gasteiger partial charge in [0.2, 0.25) is 10.0 Å². The molecule has 0 saturated carbocycles. The Kier molecular flexibility index (Phi) is 4.30. The number of nitrogens with zero attached hydrogens (tertiary/aromatic N) is 2. The van der Waals surface area contributed by atoms with Crippen LogP contribution >= 0.6 is 11.6 Å². The van der Waals surface area contributed by atoms with Crippen LogP contribution < -0.4 is 0 Å². The van der Waals surface area contributed by atoms with Crippen molar-refractivity contribution in [3.05, 3.63) is 35.4 Å². The number of rotatable bonds is 4. The molecule has 0 saturated heterocycles. The zero-order valence-corrected chi connectivity index (χ0v) is 10.3. The van der Waals surface area contributed by atoms with Crippen LogP contribution in [-0.2, 0) is 16.6 Å². The van der Waals surface area contributed by atoms with Gasteiger partial charge in [-0.25, -0.2) is 8.42 Å². The molecule has 0 fully saturated rings. The molecule has 0 atom stereocenters. The van der Waals surface area contributed by atoms with E-state index >= 15 is 0 Å². The second-order valence-electron chi connectivity index (χ2n) is 3.29. The van der Waals surface area contributed by atoms with E-state index in [1.165, 1.54) is 11.4 Å². The largest absolute Gasteiger partial charge is 0.228 e. The number of halogens is 1. The second kappa shape index (κ2) is 5.30. The molecule has 0 heterocycles. The molecule has 1 aromatic carbocycles. The first-order valence-corrected chi connectivity index (χ1v) is 6.63. The Bertz CT molecular complexity index is 491. The molecule has 0 N–H and O–H groups in total. The molecule has 0 bridgehead atoms. The molecule has 16 heavy (non-hydrogen) atoms. The summed E-state index contributed by atoms with van der Waals surface area (Å²) < 4.78 is 23.9. The Morgan fingerprint density at radius 1 is 1.38 bits per heavy atom. The highest BCUT2D eigenvalue weighted by Gasteiger charge is 2.16. The summed E-state index contributed by atoms with van der Waals surface area (Å²) in [6.07, 6.45) is 0. The van der Waals surface area contributed by atoms with Gasteiger partial charge in [0.05, 0.1) is 11.6 Å². The van der Waals surface area contributed by atoms with E-state index in [1.54, 1.807) is 24.3 Å². The Labute approximate surface area is 100 Å². The minimum absolute atomic E-state index is 0.251. The standard InChI is InChI=1S/C10H11ClN2O2S/c1-13(16(14,15)8-11)7-10-4-2-9(6-12)3-5-10/h2-5H,7-8H2,1H3. The van der Waals surface area contributed by atoms with Gasteiger partial charge in [0.25, 0.3) is 0 Å². The van der Waals surface area contributed by atoms with E-state index in [0.717, 1.165) is 5.56 Å². The minimum atomic E-state index is -3.38. The smallest absolute Gasteiger partial charge is 0.211 e. The van der Waals surface area contributed by atoms with Crippen molar-refractivity contribution < 1.29 is 8.42 Å². The van der Waals surface area contributed by atoms with Crippen molar-refractivity contribution in [1.82, 2.24) is 4.31 Å². The molecule has 0 spiro atoms.